The van der Waals surface area contributed by atoms with E-state index in [1.165, 1.54) is 0 Å². The van der Waals surface area contributed by atoms with Gasteiger partial charge in [0.1, 0.15) is 5.75 Å². The van der Waals surface area contributed by atoms with Crippen LogP contribution in [0.5, 0.6) is 5.75 Å². The van der Waals surface area contributed by atoms with Gasteiger partial charge in [-0.3, -0.25) is 0 Å². The van der Waals surface area contributed by atoms with Gasteiger partial charge in [-0.2, -0.15) is 12.6 Å². The first-order valence-corrected chi connectivity index (χ1v) is 5.63. The zero-order valence-electron chi connectivity index (χ0n) is 8.56. The van der Waals surface area contributed by atoms with Crippen LogP contribution in [-0.2, 0) is 6.42 Å². The quantitative estimate of drug-likeness (QED) is 0.544. The lowest BCUT2D eigenvalue weighted by atomic mass is 10.1. The molecule has 3 nitrogen and oxygen atoms in total. The molecule has 0 radical (unpaired) electrons. The van der Waals surface area contributed by atoms with E-state index in [2.05, 4.69) is 17.9 Å². The highest BCUT2D eigenvalue weighted by atomic mass is 32.1. The van der Waals surface area contributed by atoms with E-state index in [1.54, 1.807) is 12.1 Å². The number of para-hydroxylation sites is 1. The first-order valence-electron chi connectivity index (χ1n) is 5.00. The Morgan fingerprint density at radius 1 is 1.33 bits per heavy atom. The van der Waals surface area contributed by atoms with Crippen molar-refractivity contribution in [3.05, 3.63) is 29.8 Å². The minimum absolute atomic E-state index is 0.0270. The number of thiol groups is 1. The Labute approximate surface area is 95.5 Å². The van der Waals surface area contributed by atoms with Crippen LogP contribution in [0.25, 0.3) is 0 Å². The summed E-state index contributed by atoms with van der Waals surface area (Å²) in [6.07, 6.45) is 0.747. The molecule has 1 atom stereocenters. The fraction of sp³-hybridized carbons (Fsp3) is 0.455. The summed E-state index contributed by atoms with van der Waals surface area (Å²) in [6.45, 7) is 0.813. The molecule has 0 fully saturated rings. The zero-order chi connectivity index (χ0) is 11.1. The van der Waals surface area contributed by atoms with E-state index in [0.29, 0.717) is 11.5 Å². The van der Waals surface area contributed by atoms with Gasteiger partial charge in [-0.1, -0.05) is 18.2 Å². The lowest BCUT2D eigenvalue weighted by Gasteiger charge is -2.13. The van der Waals surface area contributed by atoms with E-state index in [-0.39, 0.29) is 12.6 Å². The van der Waals surface area contributed by atoms with Crippen molar-refractivity contribution in [2.45, 2.75) is 12.5 Å². The van der Waals surface area contributed by atoms with Crippen LogP contribution in [0.2, 0.25) is 0 Å². The maximum absolute atomic E-state index is 9.50. The Morgan fingerprint density at radius 2 is 2.07 bits per heavy atom. The lowest BCUT2D eigenvalue weighted by molar-refractivity contribution is 0.254. The molecular formula is C11H17NO2S. The molecule has 0 saturated carbocycles. The molecule has 15 heavy (non-hydrogen) atoms. The maximum Gasteiger partial charge on any atom is 0.118 e. The molecule has 1 aromatic rings. The minimum atomic E-state index is 0.0270. The Kier molecular flexibility index (Phi) is 5.53. The molecule has 0 amide bonds. The van der Waals surface area contributed by atoms with Gasteiger partial charge in [0.05, 0.1) is 6.61 Å². The molecule has 4 heteroatoms. The van der Waals surface area contributed by atoms with Crippen LogP contribution in [0, 0.1) is 0 Å². The van der Waals surface area contributed by atoms with E-state index in [1.807, 2.05) is 12.1 Å². The van der Waals surface area contributed by atoms with Crippen LogP contribution in [0.4, 0.5) is 0 Å². The van der Waals surface area contributed by atoms with E-state index in [4.69, 9.17) is 5.11 Å². The number of hydrogen-bond acceptors (Lipinski definition) is 4. The number of benzene rings is 1. The summed E-state index contributed by atoms with van der Waals surface area (Å²) in [5.41, 5.74) is 0.917. The van der Waals surface area contributed by atoms with Crippen molar-refractivity contribution < 1.29 is 10.2 Å². The Hall–Kier alpha value is -0.710. The van der Waals surface area contributed by atoms with Gasteiger partial charge < -0.3 is 15.5 Å². The highest BCUT2D eigenvalue weighted by Crippen LogP contribution is 2.15. The fourth-order valence-electron chi connectivity index (χ4n) is 1.32. The summed E-state index contributed by atoms with van der Waals surface area (Å²) in [6, 6.07) is 7.30. The number of phenolic OH excluding ortho intramolecular Hbond substituents is 1. The summed E-state index contributed by atoms with van der Waals surface area (Å²) >= 11 is 4.10. The molecule has 0 unspecified atom stereocenters. The van der Waals surface area contributed by atoms with Gasteiger partial charge >= 0.3 is 0 Å². The van der Waals surface area contributed by atoms with Gasteiger partial charge in [0.15, 0.2) is 0 Å². The molecular weight excluding hydrogens is 210 g/mol. The van der Waals surface area contributed by atoms with E-state index in [0.717, 1.165) is 18.5 Å². The number of aliphatic hydroxyl groups excluding tert-OH is 1. The Bertz CT molecular complexity index is 290. The predicted octanol–water partition coefficient (Wildman–Crippen LogP) is 0.815. The summed E-state index contributed by atoms with van der Waals surface area (Å²) < 4.78 is 0. The topological polar surface area (TPSA) is 52.5 Å². The molecule has 0 aliphatic rings. The van der Waals surface area contributed by atoms with Gasteiger partial charge in [0.25, 0.3) is 0 Å². The second-order valence-corrected chi connectivity index (χ2v) is 3.76. The van der Waals surface area contributed by atoms with Crippen molar-refractivity contribution in [1.29, 1.82) is 0 Å². The molecule has 84 valence electrons. The Balaban J connectivity index is 2.34. The molecule has 0 saturated heterocycles. The molecule has 1 aromatic carbocycles. The minimum Gasteiger partial charge on any atom is -0.508 e. The molecule has 0 bridgehead atoms. The van der Waals surface area contributed by atoms with Crippen molar-refractivity contribution >= 4 is 12.6 Å². The molecule has 0 heterocycles. The van der Waals surface area contributed by atoms with Gasteiger partial charge in [-0.25, -0.2) is 0 Å². The second kappa shape index (κ2) is 6.71. The van der Waals surface area contributed by atoms with Crippen LogP contribution < -0.4 is 5.32 Å². The normalized spacial score (nSPS) is 12.7. The van der Waals surface area contributed by atoms with Crippen molar-refractivity contribution in [3.63, 3.8) is 0 Å². The van der Waals surface area contributed by atoms with Crippen molar-refractivity contribution in [3.8, 4) is 5.75 Å². The van der Waals surface area contributed by atoms with E-state index < -0.39 is 0 Å². The number of nitrogens with one attached hydrogen (secondary N) is 1. The standard InChI is InChI=1S/C11H17NO2S/c13-7-10(8-15)12-6-5-9-3-1-2-4-11(9)14/h1-4,10,12-15H,5-8H2/t10-/m1/s1. The van der Waals surface area contributed by atoms with E-state index in [9.17, 15) is 5.11 Å². The lowest BCUT2D eigenvalue weighted by Crippen LogP contribution is -2.35. The third-order valence-corrected chi connectivity index (χ3v) is 2.70. The van der Waals surface area contributed by atoms with Crippen molar-refractivity contribution in [2.24, 2.45) is 0 Å². The van der Waals surface area contributed by atoms with Crippen LogP contribution >= 0.6 is 12.6 Å². The summed E-state index contributed by atoms with van der Waals surface area (Å²) in [5.74, 6) is 0.933. The molecule has 0 aromatic heterocycles. The van der Waals surface area contributed by atoms with Gasteiger partial charge in [-0.05, 0) is 24.6 Å². The average Bonchev–Trinajstić information content (AvgIpc) is 2.27. The number of hydrogen-bond donors (Lipinski definition) is 4. The number of phenols is 1. The second-order valence-electron chi connectivity index (χ2n) is 3.39. The third-order valence-electron chi connectivity index (χ3n) is 2.26. The number of rotatable bonds is 6. The Morgan fingerprint density at radius 3 is 2.67 bits per heavy atom. The molecule has 0 aliphatic heterocycles. The van der Waals surface area contributed by atoms with Gasteiger partial charge in [0.2, 0.25) is 0 Å². The SMILES string of the molecule is OC[C@H](CS)NCCc1ccccc1O. The van der Waals surface area contributed by atoms with Crippen LogP contribution in [-0.4, -0.2) is 35.2 Å². The smallest absolute Gasteiger partial charge is 0.118 e. The molecule has 3 N–H and O–H groups in total. The van der Waals surface area contributed by atoms with Crippen LogP contribution in [0.3, 0.4) is 0 Å². The van der Waals surface area contributed by atoms with Crippen LogP contribution in [0.1, 0.15) is 5.56 Å². The zero-order valence-corrected chi connectivity index (χ0v) is 9.45. The summed E-state index contributed by atoms with van der Waals surface area (Å²) in [5, 5.41) is 21.6. The van der Waals surface area contributed by atoms with E-state index >= 15 is 0 Å². The first kappa shape index (κ1) is 12.4. The number of aliphatic hydroxyl groups is 1. The molecule has 1 rings (SSSR count). The molecule has 0 spiro atoms. The van der Waals surface area contributed by atoms with Crippen LogP contribution in [0.15, 0.2) is 24.3 Å². The monoisotopic (exact) mass is 227 g/mol. The fourth-order valence-corrected chi connectivity index (χ4v) is 1.56. The van der Waals surface area contributed by atoms with Gasteiger partial charge in [0, 0.05) is 11.8 Å². The highest BCUT2D eigenvalue weighted by Gasteiger charge is 2.04. The summed E-state index contributed by atoms with van der Waals surface area (Å²) in [4.78, 5) is 0. The first-order chi connectivity index (χ1) is 7.27. The van der Waals surface area contributed by atoms with Gasteiger partial charge in [-0.15, -0.1) is 0 Å². The number of aromatic hydroxyl groups is 1. The third kappa shape index (κ3) is 4.11. The summed E-state index contributed by atoms with van der Waals surface area (Å²) in [7, 11) is 0. The largest absolute Gasteiger partial charge is 0.508 e. The highest BCUT2D eigenvalue weighted by molar-refractivity contribution is 7.80. The average molecular weight is 227 g/mol. The maximum atomic E-state index is 9.50. The van der Waals surface area contributed by atoms with Crippen molar-refractivity contribution in [1.82, 2.24) is 5.32 Å². The van der Waals surface area contributed by atoms with Crippen molar-refractivity contribution in [2.75, 3.05) is 18.9 Å². The predicted molar refractivity (Wildman–Crippen MR) is 64.5 cm³/mol. The molecule has 0 aliphatic carbocycles.